The molecule has 1 heterocycles. The van der Waals surface area contributed by atoms with E-state index in [0.29, 0.717) is 0 Å². The maximum Gasteiger partial charge on any atom is 0.229 e. The summed E-state index contributed by atoms with van der Waals surface area (Å²) >= 11 is 0. The van der Waals surface area contributed by atoms with E-state index in [0.717, 1.165) is 4.90 Å². The number of amides is 2. The van der Waals surface area contributed by atoms with Gasteiger partial charge in [0.05, 0.1) is 0 Å². The second-order valence-electron chi connectivity index (χ2n) is 5.57. The highest BCUT2D eigenvalue weighted by Crippen LogP contribution is 2.27. The average Bonchev–Trinajstić information content (AvgIpc) is 2.44. The molecule has 5 nitrogen and oxygen atoms in total. The molecule has 0 aromatic rings. The van der Waals surface area contributed by atoms with Crippen molar-refractivity contribution >= 4 is 25.4 Å². The smallest absolute Gasteiger partial charge is 0.229 e. The third kappa shape index (κ3) is 2.57. The first-order valence-electron chi connectivity index (χ1n) is 5.80. The lowest BCUT2D eigenvalue weighted by atomic mass is 9.85. The monoisotopic (exact) mass is 238 g/mol. The van der Waals surface area contributed by atoms with E-state index in [-0.39, 0.29) is 36.4 Å². The first kappa shape index (κ1) is 13.9. The third-order valence-corrected chi connectivity index (χ3v) is 2.99. The van der Waals surface area contributed by atoms with E-state index in [9.17, 15) is 14.4 Å². The minimum absolute atomic E-state index is 0.0136. The highest BCUT2D eigenvalue weighted by molar-refractivity contribution is 6.30. The van der Waals surface area contributed by atoms with Crippen LogP contribution >= 0.6 is 0 Å². The van der Waals surface area contributed by atoms with E-state index in [1.165, 1.54) is 0 Å². The highest BCUT2D eigenvalue weighted by atomic mass is 16.2. The maximum atomic E-state index is 12.2. The number of carbonyl (C=O) groups excluding carboxylic acids is 3. The highest BCUT2D eigenvalue weighted by Gasteiger charge is 2.44. The molecular weight excluding hydrogens is 219 g/mol. The topological polar surface area (TPSA) is 80.5 Å². The van der Waals surface area contributed by atoms with Crippen LogP contribution in [0.5, 0.6) is 0 Å². The van der Waals surface area contributed by atoms with Crippen LogP contribution in [0.4, 0.5) is 0 Å². The lowest BCUT2D eigenvalue weighted by Crippen LogP contribution is -2.52. The lowest BCUT2D eigenvalue weighted by Gasteiger charge is -2.29. The summed E-state index contributed by atoms with van der Waals surface area (Å²) in [7, 11) is 1.69. The summed E-state index contributed by atoms with van der Waals surface area (Å²) in [6.45, 7) is 5.26. The quantitative estimate of drug-likeness (QED) is 0.511. The standard InChI is InChI=1S/C11H19BN2O3/c1-11(2,3)9(16)7(5-13)14-8(15)4-6(12)10(14)17/h6-7H,4-5,12-13H2,1-3H3/t6?,7-/m0/s1. The number of rotatable bonds is 3. The molecule has 2 atom stereocenters. The summed E-state index contributed by atoms with van der Waals surface area (Å²) in [5.41, 5.74) is 4.94. The van der Waals surface area contributed by atoms with Crippen molar-refractivity contribution < 1.29 is 14.4 Å². The Labute approximate surface area is 102 Å². The zero-order valence-corrected chi connectivity index (χ0v) is 10.8. The van der Waals surface area contributed by atoms with Crippen LogP contribution in [0.25, 0.3) is 0 Å². The molecule has 2 amide bonds. The third-order valence-electron chi connectivity index (χ3n) is 2.99. The van der Waals surface area contributed by atoms with Crippen LogP contribution in [0.1, 0.15) is 27.2 Å². The van der Waals surface area contributed by atoms with E-state index >= 15 is 0 Å². The van der Waals surface area contributed by atoms with Crippen molar-refractivity contribution in [1.82, 2.24) is 4.90 Å². The van der Waals surface area contributed by atoms with Gasteiger partial charge in [0.15, 0.2) is 5.78 Å². The molecule has 6 heteroatoms. The van der Waals surface area contributed by atoms with Crippen molar-refractivity contribution in [1.29, 1.82) is 0 Å². The second-order valence-corrected chi connectivity index (χ2v) is 5.57. The lowest BCUT2D eigenvalue weighted by molar-refractivity contribution is -0.148. The number of hydrogen-bond donors (Lipinski definition) is 1. The number of hydrogen-bond acceptors (Lipinski definition) is 4. The van der Waals surface area contributed by atoms with Gasteiger partial charge in [-0.05, 0) is 0 Å². The van der Waals surface area contributed by atoms with Gasteiger partial charge in [0.2, 0.25) is 11.8 Å². The Kier molecular flexibility index (Phi) is 3.76. The van der Waals surface area contributed by atoms with Gasteiger partial charge in [-0.3, -0.25) is 19.3 Å². The van der Waals surface area contributed by atoms with Gasteiger partial charge in [-0.15, -0.1) is 0 Å². The van der Waals surface area contributed by atoms with Gasteiger partial charge in [-0.1, -0.05) is 20.8 Å². The van der Waals surface area contributed by atoms with Gasteiger partial charge in [-0.2, -0.15) is 0 Å². The molecule has 1 aliphatic heterocycles. The Hall–Kier alpha value is -1.17. The number of nitrogens with two attached hydrogens (primary N) is 1. The predicted molar refractivity (Wildman–Crippen MR) is 66.1 cm³/mol. The number of likely N-dealkylation sites (tertiary alicyclic amines) is 1. The van der Waals surface area contributed by atoms with Crippen molar-refractivity contribution in [3.63, 3.8) is 0 Å². The number of carbonyl (C=O) groups is 3. The molecule has 1 saturated heterocycles. The SMILES string of the molecule is BC1CC(=O)N([C@@H](CN)C(=O)C(C)(C)C)C1=O. The van der Waals surface area contributed by atoms with Crippen LogP contribution in [-0.4, -0.2) is 42.9 Å². The molecule has 17 heavy (non-hydrogen) atoms. The fraction of sp³-hybridized carbons (Fsp3) is 0.727. The molecular formula is C11H19BN2O3. The Morgan fingerprint density at radius 1 is 1.53 bits per heavy atom. The van der Waals surface area contributed by atoms with Gasteiger partial charge in [0, 0.05) is 24.2 Å². The fourth-order valence-electron chi connectivity index (χ4n) is 1.96. The molecule has 94 valence electrons. The molecule has 1 unspecified atom stereocenters. The van der Waals surface area contributed by atoms with Crippen LogP contribution in [0.2, 0.25) is 5.82 Å². The Morgan fingerprint density at radius 3 is 2.35 bits per heavy atom. The van der Waals surface area contributed by atoms with Crippen LogP contribution in [0.3, 0.4) is 0 Å². The number of nitrogens with zero attached hydrogens (tertiary/aromatic N) is 1. The molecule has 0 aliphatic carbocycles. The largest absolute Gasteiger partial charge is 0.328 e. The van der Waals surface area contributed by atoms with Crippen molar-refractivity contribution in [2.75, 3.05) is 6.54 Å². The van der Waals surface area contributed by atoms with Crippen molar-refractivity contribution in [3.05, 3.63) is 0 Å². The molecule has 1 aliphatic rings. The summed E-state index contributed by atoms with van der Waals surface area (Å²) in [5.74, 6) is -1.10. The summed E-state index contributed by atoms with van der Waals surface area (Å²) in [6.07, 6.45) is 0.173. The maximum absolute atomic E-state index is 12.2. The van der Waals surface area contributed by atoms with E-state index in [2.05, 4.69) is 0 Å². The fourth-order valence-corrected chi connectivity index (χ4v) is 1.96. The van der Waals surface area contributed by atoms with Crippen molar-refractivity contribution in [2.45, 2.75) is 39.1 Å². The number of ketones is 1. The summed E-state index contributed by atoms with van der Waals surface area (Å²) < 4.78 is 0. The molecule has 0 aromatic heterocycles. The van der Waals surface area contributed by atoms with Gasteiger partial charge < -0.3 is 5.73 Å². The first-order valence-corrected chi connectivity index (χ1v) is 5.80. The van der Waals surface area contributed by atoms with Gasteiger partial charge in [0.25, 0.3) is 0 Å². The van der Waals surface area contributed by atoms with Crippen molar-refractivity contribution in [3.8, 4) is 0 Å². The predicted octanol–water partition coefficient (Wildman–Crippen LogP) is -0.891. The average molecular weight is 238 g/mol. The minimum Gasteiger partial charge on any atom is -0.328 e. The molecule has 0 bridgehead atoms. The molecule has 0 saturated carbocycles. The first-order chi connectivity index (χ1) is 7.70. The van der Waals surface area contributed by atoms with Crippen LogP contribution in [0, 0.1) is 5.41 Å². The van der Waals surface area contributed by atoms with E-state index in [1.807, 2.05) is 0 Å². The van der Waals surface area contributed by atoms with Gasteiger partial charge >= 0.3 is 0 Å². The Bertz CT molecular complexity index is 362. The number of Topliss-reactive ketones (excluding diaryl/α,β-unsaturated/α-hetero) is 1. The van der Waals surface area contributed by atoms with Crippen LogP contribution in [0.15, 0.2) is 0 Å². The zero-order chi connectivity index (χ0) is 13.4. The molecule has 2 N–H and O–H groups in total. The Morgan fingerprint density at radius 2 is 2.06 bits per heavy atom. The summed E-state index contributed by atoms with van der Waals surface area (Å²) in [5, 5.41) is 0. The molecule has 1 rings (SSSR count). The second kappa shape index (κ2) is 4.60. The number of imide groups is 1. The van der Waals surface area contributed by atoms with E-state index < -0.39 is 11.5 Å². The van der Waals surface area contributed by atoms with Crippen LogP contribution in [-0.2, 0) is 14.4 Å². The van der Waals surface area contributed by atoms with E-state index in [1.54, 1.807) is 28.6 Å². The van der Waals surface area contributed by atoms with E-state index in [4.69, 9.17) is 5.73 Å². The summed E-state index contributed by atoms with van der Waals surface area (Å²) in [4.78, 5) is 36.8. The molecule has 1 fully saturated rings. The van der Waals surface area contributed by atoms with Crippen LogP contribution < -0.4 is 5.73 Å². The normalized spacial score (nSPS) is 23.1. The zero-order valence-electron chi connectivity index (χ0n) is 10.8. The molecule has 0 spiro atoms. The summed E-state index contributed by atoms with van der Waals surface area (Å²) in [6, 6.07) is -0.819. The minimum atomic E-state index is -0.819. The van der Waals surface area contributed by atoms with Gasteiger partial charge in [0.1, 0.15) is 13.9 Å². The Balaban J connectivity index is 3.00. The van der Waals surface area contributed by atoms with Gasteiger partial charge in [-0.25, -0.2) is 0 Å². The van der Waals surface area contributed by atoms with Crippen molar-refractivity contribution in [2.24, 2.45) is 11.1 Å². The molecule has 0 radical (unpaired) electrons. The molecule has 0 aromatic carbocycles.